The topological polar surface area (TPSA) is 113 Å². The number of nitrogens with one attached hydrogen (secondary N) is 1. The minimum absolute atomic E-state index is 0.0108. The van der Waals surface area contributed by atoms with Crippen LogP contribution in [0.1, 0.15) is 27.6 Å². The van der Waals surface area contributed by atoms with Gasteiger partial charge in [0.2, 0.25) is 12.7 Å². The van der Waals surface area contributed by atoms with E-state index in [1.807, 2.05) is 6.92 Å². The lowest BCUT2D eigenvalue weighted by Gasteiger charge is -2.09. The van der Waals surface area contributed by atoms with Crippen molar-refractivity contribution in [1.29, 1.82) is 0 Å². The third kappa shape index (κ3) is 6.30. The zero-order chi connectivity index (χ0) is 24.6. The maximum atomic E-state index is 12.6. The van der Waals surface area contributed by atoms with Gasteiger partial charge in [-0.2, -0.15) is 0 Å². The summed E-state index contributed by atoms with van der Waals surface area (Å²) in [5.41, 5.74) is 1.14. The van der Waals surface area contributed by atoms with Crippen LogP contribution >= 0.6 is 11.8 Å². The summed E-state index contributed by atoms with van der Waals surface area (Å²) < 4.78 is 21.1. The van der Waals surface area contributed by atoms with Crippen molar-refractivity contribution in [2.45, 2.75) is 11.9 Å². The van der Waals surface area contributed by atoms with Crippen molar-refractivity contribution in [1.82, 2.24) is 4.98 Å². The van der Waals surface area contributed by atoms with E-state index in [0.717, 1.165) is 11.8 Å². The Bertz CT molecular complexity index is 1230. The van der Waals surface area contributed by atoms with Crippen LogP contribution < -0.4 is 19.5 Å². The van der Waals surface area contributed by atoms with E-state index in [2.05, 4.69) is 10.3 Å². The van der Waals surface area contributed by atoms with Crippen molar-refractivity contribution in [3.05, 3.63) is 71.9 Å². The number of fused-ring (bicyclic) bond motifs is 1. The van der Waals surface area contributed by atoms with Gasteiger partial charge in [-0.3, -0.25) is 9.59 Å². The number of ether oxygens (including phenoxy) is 4. The summed E-state index contributed by atoms with van der Waals surface area (Å²) in [7, 11) is 0. The number of anilines is 1. The number of ketones is 1. The zero-order valence-electron chi connectivity index (χ0n) is 18.8. The SMILES string of the molecule is CCOc1ccc(C(=O)COC(=O)c2cccnc2SCC(=O)Nc2ccc3c(c2)OCO3)cc1. The Morgan fingerprint density at radius 1 is 1.06 bits per heavy atom. The van der Waals surface area contributed by atoms with Crippen molar-refractivity contribution in [3.8, 4) is 17.2 Å². The van der Waals surface area contributed by atoms with Gasteiger partial charge in [0.25, 0.3) is 0 Å². The zero-order valence-corrected chi connectivity index (χ0v) is 19.6. The normalized spacial score (nSPS) is 11.6. The fraction of sp³-hybridized carbons (Fsp3) is 0.200. The van der Waals surface area contributed by atoms with Crippen LogP contribution in [-0.4, -0.2) is 48.4 Å². The predicted molar refractivity (Wildman–Crippen MR) is 128 cm³/mol. The lowest BCUT2D eigenvalue weighted by atomic mass is 10.1. The summed E-state index contributed by atoms with van der Waals surface area (Å²) in [6, 6.07) is 14.8. The number of hydrogen-bond acceptors (Lipinski definition) is 9. The molecule has 180 valence electrons. The van der Waals surface area contributed by atoms with E-state index in [0.29, 0.717) is 40.1 Å². The third-order valence-corrected chi connectivity index (χ3v) is 5.81. The van der Waals surface area contributed by atoms with Crippen LogP contribution in [-0.2, 0) is 9.53 Å². The Morgan fingerprint density at radius 3 is 2.66 bits per heavy atom. The molecule has 0 spiro atoms. The first-order valence-corrected chi connectivity index (χ1v) is 11.7. The maximum absolute atomic E-state index is 12.6. The van der Waals surface area contributed by atoms with Crippen molar-refractivity contribution in [3.63, 3.8) is 0 Å². The Labute approximate surface area is 205 Å². The van der Waals surface area contributed by atoms with Gasteiger partial charge in [-0.1, -0.05) is 11.8 Å². The predicted octanol–water partition coefficient (Wildman–Crippen LogP) is 3.98. The molecule has 2 heterocycles. The number of pyridine rings is 1. The first kappa shape index (κ1) is 24.1. The summed E-state index contributed by atoms with van der Waals surface area (Å²) in [5.74, 6) is 0.514. The van der Waals surface area contributed by atoms with Gasteiger partial charge >= 0.3 is 5.97 Å². The molecule has 0 radical (unpaired) electrons. The second-order valence-electron chi connectivity index (χ2n) is 7.22. The molecule has 1 aliphatic rings. The number of rotatable bonds is 10. The average Bonchev–Trinajstić information content (AvgIpc) is 3.34. The number of carbonyl (C=O) groups is 3. The Hall–Kier alpha value is -4.05. The Balaban J connectivity index is 1.31. The summed E-state index contributed by atoms with van der Waals surface area (Å²) in [6.07, 6.45) is 1.51. The van der Waals surface area contributed by atoms with Crippen LogP contribution in [0.5, 0.6) is 17.2 Å². The largest absolute Gasteiger partial charge is 0.494 e. The smallest absolute Gasteiger partial charge is 0.341 e. The van der Waals surface area contributed by atoms with Crippen molar-refractivity contribution in [2.75, 3.05) is 31.1 Å². The van der Waals surface area contributed by atoms with Gasteiger partial charge < -0.3 is 24.3 Å². The molecule has 0 atom stereocenters. The quantitative estimate of drug-likeness (QED) is 0.254. The molecule has 1 amide bonds. The van der Waals surface area contributed by atoms with Gasteiger partial charge in [0, 0.05) is 23.5 Å². The molecule has 1 aromatic heterocycles. The van der Waals surface area contributed by atoms with Gasteiger partial charge in [-0.05, 0) is 55.5 Å². The van der Waals surface area contributed by atoms with Crippen LogP contribution in [0.3, 0.4) is 0 Å². The van der Waals surface area contributed by atoms with Gasteiger partial charge in [0.05, 0.1) is 17.9 Å². The Morgan fingerprint density at radius 2 is 1.86 bits per heavy atom. The highest BCUT2D eigenvalue weighted by atomic mass is 32.2. The van der Waals surface area contributed by atoms with E-state index in [-0.39, 0.29) is 29.8 Å². The second kappa shape index (κ2) is 11.4. The first-order valence-electron chi connectivity index (χ1n) is 10.7. The number of amides is 1. The van der Waals surface area contributed by atoms with Crippen LogP contribution in [0.25, 0.3) is 0 Å². The molecule has 0 bridgehead atoms. The number of thioether (sulfide) groups is 1. The van der Waals surface area contributed by atoms with Gasteiger partial charge in [0.1, 0.15) is 10.8 Å². The second-order valence-corrected chi connectivity index (χ2v) is 8.18. The molecular weight excluding hydrogens is 472 g/mol. The lowest BCUT2D eigenvalue weighted by Crippen LogP contribution is -2.16. The number of benzene rings is 2. The monoisotopic (exact) mass is 494 g/mol. The number of Topliss-reactive ketones (excluding diaryl/α,β-unsaturated/α-hetero) is 1. The van der Waals surface area contributed by atoms with E-state index < -0.39 is 12.6 Å². The van der Waals surface area contributed by atoms with Crippen LogP contribution in [0.2, 0.25) is 0 Å². The fourth-order valence-corrected chi connectivity index (χ4v) is 3.94. The minimum atomic E-state index is -0.698. The molecule has 35 heavy (non-hydrogen) atoms. The number of hydrogen-bond donors (Lipinski definition) is 1. The molecule has 9 nitrogen and oxygen atoms in total. The molecular formula is C25H22N2O7S. The van der Waals surface area contributed by atoms with Gasteiger partial charge in [0.15, 0.2) is 23.9 Å². The highest BCUT2D eigenvalue weighted by molar-refractivity contribution is 8.00. The molecule has 0 saturated heterocycles. The lowest BCUT2D eigenvalue weighted by molar-refractivity contribution is -0.113. The third-order valence-electron chi connectivity index (χ3n) is 4.81. The number of carbonyl (C=O) groups excluding carboxylic acids is 3. The molecule has 10 heteroatoms. The first-order chi connectivity index (χ1) is 17.0. The highest BCUT2D eigenvalue weighted by Gasteiger charge is 2.18. The molecule has 0 aliphatic carbocycles. The van der Waals surface area contributed by atoms with Gasteiger partial charge in [-0.15, -0.1) is 0 Å². The van der Waals surface area contributed by atoms with Crippen LogP contribution in [0.15, 0.2) is 65.8 Å². The van der Waals surface area contributed by atoms with Crippen molar-refractivity contribution in [2.24, 2.45) is 0 Å². The van der Waals surface area contributed by atoms with Crippen LogP contribution in [0, 0.1) is 0 Å². The van der Waals surface area contributed by atoms with E-state index >= 15 is 0 Å². The number of esters is 1. The standard InChI is InChI=1S/C25H22N2O7S/c1-2-31-18-8-5-16(6-9-18)20(28)13-32-25(30)19-4-3-11-26-24(19)35-14-23(29)27-17-7-10-21-22(12-17)34-15-33-21/h3-12H,2,13-15H2,1H3,(H,27,29). The molecule has 2 aromatic carbocycles. The van der Waals surface area contributed by atoms with Crippen LogP contribution in [0.4, 0.5) is 5.69 Å². The molecule has 3 aromatic rings. The summed E-state index contributed by atoms with van der Waals surface area (Å²) in [6.45, 7) is 2.12. The molecule has 1 aliphatic heterocycles. The minimum Gasteiger partial charge on any atom is -0.494 e. The number of aromatic nitrogens is 1. The van der Waals surface area contributed by atoms with Gasteiger partial charge in [-0.25, -0.2) is 9.78 Å². The van der Waals surface area contributed by atoms with E-state index in [4.69, 9.17) is 18.9 Å². The molecule has 0 unspecified atom stereocenters. The molecule has 1 N–H and O–H groups in total. The Kier molecular flexibility index (Phi) is 7.84. The highest BCUT2D eigenvalue weighted by Crippen LogP contribution is 2.34. The summed E-state index contributed by atoms with van der Waals surface area (Å²) in [5, 5.41) is 3.09. The van der Waals surface area contributed by atoms with E-state index in [1.165, 1.54) is 12.3 Å². The number of nitrogens with zero attached hydrogens (tertiary/aromatic N) is 1. The van der Waals surface area contributed by atoms with Crippen molar-refractivity contribution < 1.29 is 33.3 Å². The summed E-state index contributed by atoms with van der Waals surface area (Å²) >= 11 is 1.09. The maximum Gasteiger partial charge on any atom is 0.341 e. The van der Waals surface area contributed by atoms with Crippen molar-refractivity contribution >= 4 is 35.1 Å². The molecule has 4 rings (SSSR count). The van der Waals surface area contributed by atoms with E-state index in [9.17, 15) is 14.4 Å². The van der Waals surface area contributed by atoms with E-state index in [1.54, 1.807) is 48.5 Å². The average molecular weight is 495 g/mol. The molecule has 0 saturated carbocycles. The fourth-order valence-electron chi connectivity index (χ4n) is 3.16. The summed E-state index contributed by atoms with van der Waals surface area (Å²) in [4.78, 5) is 41.6. The molecule has 0 fully saturated rings.